The van der Waals surface area contributed by atoms with Crippen molar-refractivity contribution in [3.05, 3.63) is 124 Å². The monoisotopic (exact) mass is 569 g/mol. The lowest BCUT2D eigenvalue weighted by Crippen LogP contribution is -2.31. The third-order valence-corrected chi connectivity index (χ3v) is 6.58. The summed E-state index contributed by atoms with van der Waals surface area (Å²) in [5, 5.41) is 10.1. The molecule has 0 bridgehead atoms. The summed E-state index contributed by atoms with van der Waals surface area (Å²) in [5.74, 6) is 0.655. The van der Waals surface area contributed by atoms with Gasteiger partial charge in [0.25, 0.3) is 0 Å². The summed E-state index contributed by atoms with van der Waals surface area (Å²) in [6, 6.07) is 24.6. The van der Waals surface area contributed by atoms with E-state index in [4.69, 9.17) is 27.9 Å². The van der Waals surface area contributed by atoms with E-state index in [0.29, 0.717) is 27.9 Å². The number of hydrogen-bond donors (Lipinski definition) is 1. The molecule has 4 aromatic rings. The normalized spacial score (nSPS) is 15.2. The quantitative estimate of drug-likeness (QED) is 0.260. The Kier molecular flexibility index (Phi) is 7.50. The number of nitrogens with zero attached hydrogens (tertiary/aromatic N) is 2. The Morgan fingerprint density at radius 3 is 1.92 bits per heavy atom. The van der Waals surface area contributed by atoms with Crippen molar-refractivity contribution in [3.63, 3.8) is 0 Å². The van der Waals surface area contributed by atoms with Crippen molar-refractivity contribution in [1.82, 2.24) is 5.01 Å². The van der Waals surface area contributed by atoms with Crippen molar-refractivity contribution >= 4 is 40.6 Å². The summed E-state index contributed by atoms with van der Waals surface area (Å²) in [7, 11) is 0. The SMILES string of the molecule is O=C(Nc1ccc(Oc2ccc(C(F)(F)F)cc2)cc1)N1N=C(c2ccc(Cl)cc2)CC1c1ccc(Cl)cc1. The molecule has 0 saturated carbocycles. The van der Waals surface area contributed by atoms with Crippen LogP contribution < -0.4 is 10.1 Å². The number of hydrazone groups is 1. The minimum absolute atomic E-state index is 0.256. The average Bonchev–Trinajstić information content (AvgIpc) is 3.36. The van der Waals surface area contributed by atoms with Gasteiger partial charge in [0.2, 0.25) is 0 Å². The number of alkyl halides is 3. The fraction of sp³-hybridized carbons (Fsp3) is 0.103. The summed E-state index contributed by atoms with van der Waals surface area (Å²) in [4.78, 5) is 13.3. The Balaban J connectivity index is 1.31. The van der Waals surface area contributed by atoms with Gasteiger partial charge in [-0.3, -0.25) is 0 Å². The fourth-order valence-corrected chi connectivity index (χ4v) is 4.35. The van der Waals surface area contributed by atoms with Crippen LogP contribution >= 0.6 is 23.2 Å². The Labute approximate surface area is 232 Å². The molecule has 2 amide bonds. The van der Waals surface area contributed by atoms with Gasteiger partial charge in [-0.2, -0.15) is 18.3 Å². The number of halogens is 5. The lowest BCUT2D eigenvalue weighted by Gasteiger charge is -2.22. The van der Waals surface area contributed by atoms with Crippen molar-refractivity contribution in [2.24, 2.45) is 5.10 Å². The van der Waals surface area contributed by atoms with Gasteiger partial charge in [0.05, 0.1) is 17.3 Å². The summed E-state index contributed by atoms with van der Waals surface area (Å²) in [6.07, 6.45) is -3.92. The van der Waals surface area contributed by atoms with Crippen LogP contribution in [0.1, 0.15) is 29.2 Å². The summed E-state index contributed by atoms with van der Waals surface area (Å²) >= 11 is 12.1. The standard InChI is InChI=1S/C29H20Cl2F3N3O2/c30-21-7-1-18(2-8-21)26-17-27(19-3-9-22(31)10-4-19)37(36-26)28(38)35-23-11-15-25(16-12-23)39-24-13-5-20(6-14-24)29(32,33)34/h1-16,27H,17H2,(H,35,38). The summed E-state index contributed by atoms with van der Waals surface area (Å²) in [6.45, 7) is 0. The van der Waals surface area contributed by atoms with Gasteiger partial charge in [0, 0.05) is 22.2 Å². The highest BCUT2D eigenvalue weighted by Gasteiger charge is 2.33. The number of carbonyl (C=O) groups is 1. The molecule has 1 unspecified atom stereocenters. The van der Waals surface area contributed by atoms with Crippen LogP contribution in [0, 0.1) is 0 Å². The average molecular weight is 570 g/mol. The molecule has 0 radical (unpaired) electrons. The van der Waals surface area contributed by atoms with Crippen LogP contribution in [-0.2, 0) is 6.18 Å². The molecule has 1 aliphatic rings. The van der Waals surface area contributed by atoms with E-state index in [1.54, 1.807) is 48.5 Å². The van der Waals surface area contributed by atoms with E-state index >= 15 is 0 Å². The predicted octanol–water partition coefficient (Wildman–Crippen LogP) is 9.19. The van der Waals surface area contributed by atoms with Crippen LogP contribution in [0.2, 0.25) is 10.0 Å². The summed E-state index contributed by atoms with van der Waals surface area (Å²) in [5.41, 5.74) is 2.21. The van der Waals surface area contributed by atoms with Gasteiger partial charge in [-0.1, -0.05) is 47.5 Å². The number of anilines is 1. The van der Waals surface area contributed by atoms with E-state index < -0.39 is 17.8 Å². The number of amides is 2. The number of nitrogens with one attached hydrogen (secondary N) is 1. The third kappa shape index (κ3) is 6.35. The minimum Gasteiger partial charge on any atom is -0.457 e. The highest BCUT2D eigenvalue weighted by Crippen LogP contribution is 2.35. The van der Waals surface area contributed by atoms with Crippen LogP contribution in [-0.4, -0.2) is 16.8 Å². The summed E-state index contributed by atoms with van der Waals surface area (Å²) < 4.78 is 43.9. The molecule has 39 heavy (non-hydrogen) atoms. The van der Waals surface area contributed by atoms with Crippen molar-refractivity contribution in [1.29, 1.82) is 0 Å². The van der Waals surface area contributed by atoms with E-state index in [0.717, 1.165) is 29.0 Å². The van der Waals surface area contributed by atoms with Crippen LogP contribution in [0.5, 0.6) is 11.5 Å². The zero-order valence-corrected chi connectivity index (χ0v) is 21.6. The number of hydrogen-bond acceptors (Lipinski definition) is 3. The van der Waals surface area contributed by atoms with Crippen LogP contribution in [0.15, 0.2) is 102 Å². The largest absolute Gasteiger partial charge is 0.457 e. The first-order chi connectivity index (χ1) is 18.7. The first-order valence-corrected chi connectivity index (χ1v) is 12.6. The first kappa shape index (κ1) is 26.6. The van der Waals surface area contributed by atoms with E-state index in [1.807, 2.05) is 24.3 Å². The van der Waals surface area contributed by atoms with Gasteiger partial charge in [0.1, 0.15) is 11.5 Å². The number of urea groups is 1. The number of rotatable bonds is 5. The molecule has 0 aliphatic carbocycles. The Morgan fingerprint density at radius 1 is 0.821 bits per heavy atom. The molecule has 198 valence electrons. The number of benzene rings is 4. The molecule has 1 heterocycles. The van der Waals surface area contributed by atoms with E-state index in [2.05, 4.69) is 10.4 Å². The van der Waals surface area contributed by atoms with E-state index in [1.165, 1.54) is 17.1 Å². The molecule has 0 spiro atoms. The van der Waals surface area contributed by atoms with Gasteiger partial charge >= 0.3 is 12.2 Å². The van der Waals surface area contributed by atoms with Gasteiger partial charge in [-0.25, -0.2) is 9.80 Å². The van der Waals surface area contributed by atoms with Gasteiger partial charge in [0.15, 0.2) is 0 Å². The molecule has 5 rings (SSSR count). The first-order valence-electron chi connectivity index (χ1n) is 11.8. The van der Waals surface area contributed by atoms with Crippen molar-refractivity contribution < 1.29 is 22.7 Å². The molecule has 1 atom stereocenters. The zero-order valence-electron chi connectivity index (χ0n) is 20.1. The van der Waals surface area contributed by atoms with Crippen LogP contribution in [0.3, 0.4) is 0 Å². The van der Waals surface area contributed by atoms with Crippen molar-refractivity contribution in [2.75, 3.05) is 5.32 Å². The van der Waals surface area contributed by atoms with Crippen molar-refractivity contribution in [2.45, 2.75) is 18.6 Å². The minimum atomic E-state index is -4.42. The Bertz CT molecular complexity index is 1490. The smallest absolute Gasteiger partial charge is 0.416 e. The number of ether oxygens (including phenoxy) is 1. The van der Waals surface area contributed by atoms with Crippen LogP contribution in [0.4, 0.5) is 23.7 Å². The predicted molar refractivity (Wildman–Crippen MR) is 146 cm³/mol. The zero-order chi connectivity index (χ0) is 27.6. The maximum Gasteiger partial charge on any atom is 0.416 e. The maximum absolute atomic E-state index is 13.3. The second-order valence-corrected chi connectivity index (χ2v) is 9.62. The molecule has 0 aromatic heterocycles. The molecule has 1 N–H and O–H groups in total. The molecule has 0 fully saturated rings. The lowest BCUT2D eigenvalue weighted by molar-refractivity contribution is -0.137. The molecular formula is C29H20Cl2F3N3O2. The van der Waals surface area contributed by atoms with Gasteiger partial charge in [-0.05, 0) is 83.9 Å². The second-order valence-electron chi connectivity index (χ2n) is 8.75. The topological polar surface area (TPSA) is 53.9 Å². The molecule has 1 aliphatic heterocycles. The highest BCUT2D eigenvalue weighted by atomic mass is 35.5. The molecule has 4 aromatic carbocycles. The van der Waals surface area contributed by atoms with Gasteiger partial charge < -0.3 is 10.1 Å². The fourth-order valence-electron chi connectivity index (χ4n) is 4.09. The van der Waals surface area contributed by atoms with E-state index in [9.17, 15) is 18.0 Å². The Morgan fingerprint density at radius 2 is 1.36 bits per heavy atom. The molecule has 5 nitrogen and oxygen atoms in total. The molecule has 10 heteroatoms. The van der Waals surface area contributed by atoms with E-state index in [-0.39, 0.29) is 11.8 Å². The number of carbonyl (C=O) groups excluding carboxylic acids is 1. The Hall–Kier alpha value is -4.01. The third-order valence-electron chi connectivity index (χ3n) is 6.07. The van der Waals surface area contributed by atoms with Crippen LogP contribution in [0.25, 0.3) is 0 Å². The second kappa shape index (κ2) is 11.0. The van der Waals surface area contributed by atoms with Crippen molar-refractivity contribution in [3.8, 4) is 11.5 Å². The molecular weight excluding hydrogens is 550 g/mol. The maximum atomic E-state index is 13.3. The lowest BCUT2D eigenvalue weighted by atomic mass is 9.98. The highest BCUT2D eigenvalue weighted by molar-refractivity contribution is 6.31. The van der Waals surface area contributed by atoms with Gasteiger partial charge in [-0.15, -0.1) is 0 Å². The molecule has 0 saturated heterocycles.